The van der Waals surface area contributed by atoms with E-state index >= 15 is 0 Å². The van der Waals surface area contributed by atoms with E-state index in [-0.39, 0.29) is 11.8 Å². The number of carbonyl (C=O) groups excluding carboxylic acids is 1. The Hall–Kier alpha value is -1.71. The van der Waals surface area contributed by atoms with E-state index in [1.54, 1.807) is 14.2 Å². The van der Waals surface area contributed by atoms with Crippen molar-refractivity contribution in [3.8, 4) is 11.5 Å². The van der Waals surface area contributed by atoms with Crippen LogP contribution in [0, 0.1) is 5.92 Å². The van der Waals surface area contributed by atoms with Gasteiger partial charge in [0.15, 0.2) is 11.5 Å². The maximum atomic E-state index is 12.2. The van der Waals surface area contributed by atoms with Crippen LogP contribution in [0.4, 0.5) is 0 Å². The summed E-state index contributed by atoms with van der Waals surface area (Å²) in [7, 11) is 3.29. The molecule has 0 aromatic heterocycles. The van der Waals surface area contributed by atoms with E-state index in [2.05, 4.69) is 18.3 Å². The van der Waals surface area contributed by atoms with Crippen LogP contribution in [0.15, 0.2) is 18.2 Å². The van der Waals surface area contributed by atoms with E-state index in [9.17, 15) is 4.79 Å². The molecule has 1 aromatic carbocycles. The van der Waals surface area contributed by atoms with E-state index in [0.29, 0.717) is 12.3 Å². The third-order valence-electron chi connectivity index (χ3n) is 4.53. The van der Waals surface area contributed by atoms with Crippen molar-refractivity contribution in [2.24, 2.45) is 5.92 Å². The number of unbranched alkanes of at least 4 members (excludes halogenated alkanes) is 2. The number of nitrogens with one attached hydrogen (secondary N) is 1. The summed E-state index contributed by atoms with van der Waals surface area (Å²) in [6, 6.07) is 6.02. The number of rotatable bonds is 10. The van der Waals surface area contributed by atoms with Crippen molar-refractivity contribution in [2.45, 2.75) is 51.4 Å². The molecular weight excluding hydrogens is 290 g/mol. The summed E-state index contributed by atoms with van der Waals surface area (Å²) in [5, 5.41) is 3.06. The molecule has 0 aliphatic heterocycles. The number of methoxy groups -OCH3 is 2. The molecule has 128 valence electrons. The lowest BCUT2D eigenvalue weighted by molar-refractivity contribution is -0.121. The summed E-state index contributed by atoms with van der Waals surface area (Å²) >= 11 is 0. The van der Waals surface area contributed by atoms with E-state index in [4.69, 9.17) is 9.47 Å². The normalized spacial score (nSPS) is 15.1. The lowest BCUT2D eigenvalue weighted by atomic mass is 9.90. The molecule has 4 nitrogen and oxygen atoms in total. The molecule has 0 bridgehead atoms. The Bertz CT molecular complexity index is 511. The molecule has 0 radical (unpaired) electrons. The Morgan fingerprint density at radius 2 is 1.96 bits per heavy atom. The molecule has 1 aliphatic carbocycles. The van der Waals surface area contributed by atoms with Crippen LogP contribution in [0.2, 0.25) is 0 Å². The second-order valence-corrected chi connectivity index (χ2v) is 6.32. The van der Waals surface area contributed by atoms with Gasteiger partial charge in [-0.25, -0.2) is 0 Å². The van der Waals surface area contributed by atoms with Crippen LogP contribution in [-0.4, -0.2) is 26.7 Å². The van der Waals surface area contributed by atoms with E-state index < -0.39 is 0 Å². The Morgan fingerprint density at radius 3 is 2.57 bits per heavy atom. The Morgan fingerprint density at radius 1 is 1.22 bits per heavy atom. The van der Waals surface area contributed by atoms with Crippen molar-refractivity contribution >= 4 is 5.91 Å². The second kappa shape index (κ2) is 8.80. The molecule has 0 spiro atoms. The third-order valence-corrected chi connectivity index (χ3v) is 4.53. The van der Waals surface area contributed by atoms with Crippen LogP contribution < -0.4 is 14.8 Å². The van der Waals surface area contributed by atoms with Crippen LogP contribution in [0.25, 0.3) is 0 Å². The van der Waals surface area contributed by atoms with Crippen molar-refractivity contribution < 1.29 is 14.3 Å². The zero-order chi connectivity index (χ0) is 16.7. The average molecular weight is 319 g/mol. The first kappa shape index (κ1) is 17.6. The SMILES string of the molecule is CCCCCNC(=O)CC(c1ccc(OC)c(OC)c1)C1CC1. The molecule has 4 heteroatoms. The second-order valence-electron chi connectivity index (χ2n) is 6.32. The predicted molar refractivity (Wildman–Crippen MR) is 92.2 cm³/mol. The zero-order valence-electron chi connectivity index (χ0n) is 14.6. The highest BCUT2D eigenvalue weighted by atomic mass is 16.5. The number of amides is 1. The highest BCUT2D eigenvalue weighted by Crippen LogP contribution is 2.46. The molecule has 1 atom stereocenters. The molecule has 1 amide bonds. The molecule has 1 aliphatic rings. The lowest BCUT2D eigenvalue weighted by Gasteiger charge is -2.18. The minimum atomic E-state index is 0.160. The first-order valence-electron chi connectivity index (χ1n) is 8.68. The molecule has 0 saturated heterocycles. The third kappa shape index (κ3) is 5.15. The quantitative estimate of drug-likeness (QED) is 0.666. The smallest absolute Gasteiger partial charge is 0.220 e. The monoisotopic (exact) mass is 319 g/mol. The number of ether oxygens (including phenoxy) is 2. The van der Waals surface area contributed by atoms with E-state index in [1.165, 1.54) is 31.2 Å². The summed E-state index contributed by atoms with van der Waals surface area (Å²) in [5.41, 5.74) is 1.17. The number of hydrogen-bond donors (Lipinski definition) is 1. The molecular formula is C19H29NO3. The van der Waals surface area contributed by atoms with Gasteiger partial charge in [0.25, 0.3) is 0 Å². The van der Waals surface area contributed by atoms with Crippen LogP contribution in [-0.2, 0) is 4.79 Å². The van der Waals surface area contributed by atoms with E-state index in [1.807, 2.05) is 12.1 Å². The molecule has 1 N–H and O–H groups in total. The van der Waals surface area contributed by atoms with Gasteiger partial charge in [0.1, 0.15) is 0 Å². The molecule has 1 aromatic rings. The Balaban J connectivity index is 2.00. The Labute approximate surface area is 139 Å². The number of carbonyl (C=O) groups is 1. The van der Waals surface area contributed by atoms with Gasteiger partial charge < -0.3 is 14.8 Å². The molecule has 1 fully saturated rings. The fourth-order valence-electron chi connectivity index (χ4n) is 3.01. The summed E-state index contributed by atoms with van der Waals surface area (Å²) < 4.78 is 10.7. The summed E-state index contributed by atoms with van der Waals surface area (Å²) in [5.74, 6) is 2.53. The van der Waals surface area contributed by atoms with Gasteiger partial charge in [-0.3, -0.25) is 4.79 Å². The fraction of sp³-hybridized carbons (Fsp3) is 0.632. The summed E-state index contributed by atoms with van der Waals surface area (Å²) in [6.45, 7) is 2.96. The van der Waals surface area contributed by atoms with Gasteiger partial charge in [-0.2, -0.15) is 0 Å². The van der Waals surface area contributed by atoms with Crippen LogP contribution in [0.5, 0.6) is 11.5 Å². The first-order valence-corrected chi connectivity index (χ1v) is 8.68. The average Bonchev–Trinajstić information content (AvgIpc) is 3.41. The predicted octanol–water partition coefficient (Wildman–Crippen LogP) is 3.89. The Kier molecular flexibility index (Phi) is 6.75. The van der Waals surface area contributed by atoms with Crippen molar-refractivity contribution in [1.82, 2.24) is 5.32 Å². The van der Waals surface area contributed by atoms with Gasteiger partial charge in [0.2, 0.25) is 5.91 Å². The largest absolute Gasteiger partial charge is 0.493 e. The minimum absolute atomic E-state index is 0.160. The molecule has 2 rings (SSSR count). The highest BCUT2D eigenvalue weighted by molar-refractivity contribution is 5.77. The van der Waals surface area contributed by atoms with Gasteiger partial charge in [-0.05, 0) is 48.8 Å². The van der Waals surface area contributed by atoms with Gasteiger partial charge in [-0.15, -0.1) is 0 Å². The number of hydrogen-bond acceptors (Lipinski definition) is 3. The van der Waals surface area contributed by atoms with Gasteiger partial charge in [0, 0.05) is 13.0 Å². The maximum absolute atomic E-state index is 12.2. The van der Waals surface area contributed by atoms with Crippen LogP contribution in [0.1, 0.15) is 56.9 Å². The van der Waals surface area contributed by atoms with Crippen molar-refractivity contribution in [1.29, 1.82) is 0 Å². The standard InChI is InChI=1S/C19H29NO3/c1-4-5-6-11-20-19(21)13-16(14-7-8-14)15-9-10-17(22-2)18(12-15)23-3/h9-10,12,14,16H,4-8,11,13H2,1-3H3,(H,20,21). The fourth-order valence-corrected chi connectivity index (χ4v) is 3.01. The van der Waals surface area contributed by atoms with Gasteiger partial charge in [-0.1, -0.05) is 25.8 Å². The number of benzene rings is 1. The van der Waals surface area contributed by atoms with Crippen LogP contribution >= 0.6 is 0 Å². The zero-order valence-corrected chi connectivity index (χ0v) is 14.6. The van der Waals surface area contributed by atoms with Crippen LogP contribution in [0.3, 0.4) is 0 Å². The highest BCUT2D eigenvalue weighted by Gasteiger charge is 2.34. The molecule has 1 unspecified atom stereocenters. The molecule has 1 saturated carbocycles. The van der Waals surface area contributed by atoms with Crippen molar-refractivity contribution in [3.05, 3.63) is 23.8 Å². The molecule has 23 heavy (non-hydrogen) atoms. The minimum Gasteiger partial charge on any atom is -0.493 e. The van der Waals surface area contributed by atoms with Gasteiger partial charge in [0.05, 0.1) is 14.2 Å². The van der Waals surface area contributed by atoms with Crippen molar-refractivity contribution in [3.63, 3.8) is 0 Å². The van der Waals surface area contributed by atoms with Gasteiger partial charge >= 0.3 is 0 Å². The first-order chi connectivity index (χ1) is 11.2. The summed E-state index contributed by atoms with van der Waals surface area (Å²) in [4.78, 5) is 12.2. The van der Waals surface area contributed by atoms with Crippen molar-refractivity contribution in [2.75, 3.05) is 20.8 Å². The topological polar surface area (TPSA) is 47.6 Å². The maximum Gasteiger partial charge on any atom is 0.220 e. The summed E-state index contributed by atoms with van der Waals surface area (Å²) in [6.07, 6.45) is 6.39. The lowest BCUT2D eigenvalue weighted by Crippen LogP contribution is -2.26. The van der Waals surface area contributed by atoms with E-state index in [0.717, 1.165) is 24.5 Å². The molecule has 0 heterocycles.